The summed E-state index contributed by atoms with van der Waals surface area (Å²) in [6.45, 7) is 0. The molecule has 5 nitrogen and oxygen atoms in total. The maximum absolute atomic E-state index is 12.2. The molecule has 0 radical (unpaired) electrons. The van der Waals surface area contributed by atoms with Gasteiger partial charge in [0.1, 0.15) is 5.75 Å². The first-order valence-electron chi connectivity index (χ1n) is 7.59. The predicted molar refractivity (Wildman–Crippen MR) is 115 cm³/mol. The van der Waals surface area contributed by atoms with Crippen molar-refractivity contribution in [3.63, 3.8) is 0 Å². The zero-order valence-electron chi connectivity index (χ0n) is 13.9. The summed E-state index contributed by atoms with van der Waals surface area (Å²) >= 11 is 20.0. The minimum Gasteiger partial charge on any atom is -0.495 e. The van der Waals surface area contributed by atoms with Gasteiger partial charge in [-0.05, 0) is 42.5 Å². The van der Waals surface area contributed by atoms with Crippen molar-refractivity contribution in [1.82, 2.24) is 9.78 Å². The van der Waals surface area contributed by atoms with Gasteiger partial charge < -0.3 is 10.1 Å². The molecule has 0 atom stereocenters. The highest BCUT2D eigenvalue weighted by molar-refractivity contribution is 8.01. The molecule has 0 fully saturated rings. The standard InChI is InChI=1S/C17H13Cl2N3O2S3/c1-24-14-5-3-2-4-13(14)20-15(23)9-26-16-21-22(17(25)27-16)10-6-7-11(18)12(19)8-10/h2-8H,9H2,1H3,(H,20,23). The number of anilines is 1. The van der Waals surface area contributed by atoms with Gasteiger partial charge in [-0.1, -0.05) is 58.4 Å². The van der Waals surface area contributed by atoms with Gasteiger partial charge in [-0.2, -0.15) is 0 Å². The fourth-order valence-corrected chi connectivity index (χ4v) is 4.61. The fourth-order valence-electron chi connectivity index (χ4n) is 2.16. The summed E-state index contributed by atoms with van der Waals surface area (Å²) < 4.78 is 8.06. The first-order chi connectivity index (χ1) is 13.0. The van der Waals surface area contributed by atoms with Crippen LogP contribution in [0.2, 0.25) is 10.0 Å². The van der Waals surface area contributed by atoms with Crippen molar-refractivity contribution in [3.8, 4) is 11.4 Å². The summed E-state index contributed by atoms with van der Waals surface area (Å²) in [5, 5.41) is 8.16. The third kappa shape index (κ3) is 5.03. The van der Waals surface area contributed by atoms with Crippen LogP contribution in [-0.2, 0) is 4.79 Å². The molecule has 10 heteroatoms. The lowest BCUT2D eigenvalue weighted by Crippen LogP contribution is -2.14. The Balaban J connectivity index is 1.67. The lowest BCUT2D eigenvalue weighted by Gasteiger charge is -2.09. The molecule has 2 aromatic carbocycles. The summed E-state index contributed by atoms with van der Waals surface area (Å²) in [7, 11) is 1.56. The average molecular weight is 458 g/mol. The number of benzene rings is 2. The minimum atomic E-state index is -0.160. The van der Waals surface area contributed by atoms with E-state index in [-0.39, 0.29) is 11.7 Å². The Morgan fingerprint density at radius 3 is 2.81 bits per heavy atom. The summed E-state index contributed by atoms with van der Waals surface area (Å²) in [6.07, 6.45) is 0. The molecule has 1 N–H and O–H groups in total. The van der Waals surface area contributed by atoms with Crippen molar-refractivity contribution in [2.75, 3.05) is 18.2 Å². The molecule has 3 aromatic rings. The molecule has 27 heavy (non-hydrogen) atoms. The van der Waals surface area contributed by atoms with Crippen molar-refractivity contribution in [2.45, 2.75) is 4.34 Å². The van der Waals surface area contributed by atoms with Crippen LogP contribution in [0.1, 0.15) is 0 Å². The Kier molecular flexibility index (Phi) is 6.78. The molecular formula is C17H13Cl2N3O2S3. The summed E-state index contributed by atoms with van der Waals surface area (Å²) in [5.74, 6) is 0.643. The van der Waals surface area contributed by atoms with Gasteiger partial charge in [0.2, 0.25) is 5.91 Å². The van der Waals surface area contributed by atoms with Crippen LogP contribution in [0.25, 0.3) is 5.69 Å². The average Bonchev–Trinajstić information content (AvgIpc) is 3.03. The topological polar surface area (TPSA) is 56.1 Å². The highest BCUT2D eigenvalue weighted by Gasteiger charge is 2.12. The number of para-hydroxylation sites is 2. The van der Waals surface area contributed by atoms with E-state index in [0.29, 0.717) is 29.8 Å². The molecule has 0 aliphatic rings. The van der Waals surface area contributed by atoms with Crippen LogP contribution in [0, 0.1) is 3.95 Å². The van der Waals surface area contributed by atoms with E-state index in [1.165, 1.54) is 23.1 Å². The third-order valence-corrected chi connectivity index (χ3v) is 6.49. The Hall–Kier alpha value is -1.58. The normalized spacial score (nSPS) is 10.6. The first kappa shape index (κ1) is 20.2. The van der Waals surface area contributed by atoms with Gasteiger partial charge in [0.05, 0.1) is 34.3 Å². The highest BCUT2D eigenvalue weighted by Crippen LogP contribution is 2.28. The van der Waals surface area contributed by atoms with Crippen molar-refractivity contribution >= 4 is 70.1 Å². The van der Waals surface area contributed by atoms with Crippen LogP contribution < -0.4 is 10.1 Å². The van der Waals surface area contributed by atoms with Crippen LogP contribution in [0.5, 0.6) is 5.75 Å². The maximum Gasteiger partial charge on any atom is 0.234 e. The van der Waals surface area contributed by atoms with Crippen LogP contribution in [0.15, 0.2) is 46.8 Å². The Morgan fingerprint density at radius 2 is 2.07 bits per heavy atom. The minimum absolute atomic E-state index is 0.160. The summed E-state index contributed by atoms with van der Waals surface area (Å²) in [4.78, 5) is 12.2. The van der Waals surface area contributed by atoms with Crippen molar-refractivity contribution < 1.29 is 9.53 Å². The smallest absolute Gasteiger partial charge is 0.234 e. The molecule has 0 aliphatic carbocycles. The van der Waals surface area contributed by atoms with Crippen molar-refractivity contribution in [1.29, 1.82) is 0 Å². The number of nitrogens with zero attached hydrogens (tertiary/aromatic N) is 2. The SMILES string of the molecule is COc1ccccc1NC(=O)CSc1nn(-c2ccc(Cl)c(Cl)c2)c(=S)s1. The van der Waals surface area contributed by atoms with Gasteiger partial charge in [0.15, 0.2) is 8.29 Å². The zero-order chi connectivity index (χ0) is 19.4. The molecule has 0 saturated heterocycles. The van der Waals surface area contributed by atoms with Gasteiger partial charge in [0, 0.05) is 0 Å². The number of carbonyl (C=O) groups is 1. The number of rotatable bonds is 6. The van der Waals surface area contributed by atoms with E-state index in [1.807, 2.05) is 12.1 Å². The summed E-state index contributed by atoms with van der Waals surface area (Å²) in [5.41, 5.74) is 1.34. The fraction of sp³-hybridized carbons (Fsp3) is 0.118. The van der Waals surface area contributed by atoms with Crippen LogP contribution in [0.4, 0.5) is 5.69 Å². The summed E-state index contributed by atoms with van der Waals surface area (Å²) in [6, 6.07) is 12.4. The first-order valence-corrected chi connectivity index (χ1v) is 10.6. The Morgan fingerprint density at radius 1 is 1.30 bits per heavy atom. The monoisotopic (exact) mass is 457 g/mol. The number of hydrogen-bond donors (Lipinski definition) is 1. The van der Waals surface area contributed by atoms with Crippen LogP contribution in [0.3, 0.4) is 0 Å². The molecule has 0 bridgehead atoms. The van der Waals surface area contributed by atoms with Gasteiger partial charge in [-0.15, -0.1) is 5.10 Å². The van der Waals surface area contributed by atoms with Crippen molar-refractivity contribution in [2.24, 2.45) is 0 Å². The van der Waals surface area contributed by atoms with Crippen LogP contribution in [-0.4, -0.2) is 28.6 Å². The quantitative estimate of drug-likeness (QED) is 0.379. The number of aromatic nitrogens is 2. The van der Waals surface area contributed by atoms with Crippen molar-refractivity contribution in [3.05, 3.63) is 56.5 Å². The lowest BCUT2D eigenvalue weighted by atomic mass is 10.3. The number of nitrogens with one attached hydrogen (secondary N) is 1. The largest absolute Gasteiger partial charge is 0.495 e. The third-order valence-electron chi connectivity index (χ3n) is 3.38. The van der Waals surface area contributed by atoms with Gasteiger partial charge in [0.25, 0.3) is 0 Å². The molecule has 0 saturated carbocycles. The predicted octanol–water partition coefficient (Wildman–Crippen LogP) is 5.71. The lowest BCUT2D eigenvalue weighted by molar-refractivity contribution is -0.113. The molecule has 3 rings (SSSR count). The second-order valence-corrected chi connectivity index (χ2v) is 8.84. The second kappa shape index (κ2) is 9.07. The van der Waals surface area contributed by atoms with E-state index in [1.54, 1.807) is 42.1 Å². The molecular weight excluding hydrogens is 445 g/mol. The van der Waals surface area contributed by atoms with E-state index in [4.69, 9.17) is 40.2 Å². The highest BCUT2D eigenvalue weighted by atomic mass is 35.5. The van der Waals surface area contributed by atoms with E-state index in [0.717, 1.165) is 5.69 Å². The molecule has 1 aromatic heterocycles. The number of carbonyl (C=O) groups excluding carboxylic acids is 1. The zero-order valence-corrected chi connectivity index (χ0v) is 17.9. The van der Waals surface area contributed by atoms with Gasteiger partial charge in [-0.25, -0.2) is 4.68 Å². The van der Waals surface area contributed by atoms with E-state index in [9.17, 15) is 4.79 Å². The number of thioether (sulfide) groups is 1. The second-order valence-electron chi connectivity index (χ2n) is 5.18. The molecule has 1 amide bonds. The van der Waals surface area contributed by atoms with Gasteiger partial charge in [-0.3, -0.25) is 4.79 Å². The van der Waals surface area contributed by atoms with Gasteiger partial charge >= 0.3 is 0 Å². The maximum atomic E-state index is 12.2. The number of ether oxygens (including phenoxy) is 1. The van der Waals surface area contributed by atoms with E-state index in [2.05, 4.69) is 10.4 Å². The Labute approximate surface area is 179 Å². The van der Waals surface area contributed by atoms with Crippen LogP contribution >= 0.6 is 58.5 Å². The molecule has 1 heterocycles. The number of halogens is 2. The molecule has 0 aliphatic heterocycles. The molecule has 0 spiro atoms. The number of methoxy groups -OCH3 is 1. The number of amides is 1. The molecule has 0 unspecified atom stereocenters. The number of hydrogen-bond acceptors (Lipinski definition) is 6. The molecule has 140 valence electrons. The van der Waals surface area contributed by atoms with E-state index >= 15 is 0 Å². The Bertz CT molecular complexity index is 1040. The van der Waals surface area contributed by atoms with E-state index < -0.39 is 0 Å².